The van der Waals surface area contributed by atoms with Gasteiger partial charge in [0.05, 0.1) is 0 Å². The average molecular weight is 273 g/mol. The van der Waals surface area contributed by atoms with Gasteiger partial charge in [0.1, 0.15) is 0 Å². The molecule has 18 heavy (non-hydrogen) atoms. The van der Waals surface area contributed by atoms with Crippen LogP contribution in [0.5, 0.6) is 0 Å². The zero-order valence-corrected chi connectivity index (χ0v) is 12.1. The summed E-state index contributed by atoms with van der Waals surface area (Å²) in [6.45, 7) is 5.26. The molecule has 0 radical (unpaired) electrons. The third-order valence-electron chi connectivity index (χ3n) is 5.23. The minimum Gasteiger partial charge on any atom is -0.340 e. The van der Waals surface area contributed by atoms with Crippen molar-refractivity contribution < 1.29 is 4.79 Å². The molecule has 3 rings (SSSR count). The standard InChI is InChI=1S/C14H24N2O.ClH/c1-2-16(11-4-3-5-11)13(17)12-10-14(12)6-8-15-9-7-14;/h11-12,15H,2-10H2,1H3;1H. The average Bonchev–Trinajstić information content (AvgIpc) is 2.97. The Hall–Kier alpha value is -0.280. The minimum atomic E-state index is 0. The van der Waals surface area contributed by atoms with Crippen LogP contribution in [0, 0.1) is 11.3 Å². The maximum absolute atomic E-state index is 12.5. The smallest absolute Gasteiger partial charge is 0.226 e. The third-order valence-corrected chi connectivity index (χ3v) is 5.23. The van der Waals surface area contributed by atoms with E-state index in [-0.39, 0.29) is 12.4 Å². The quantitative estimate of drug-likeness (QED) is 0.854. The highest BCUT2D eigenvalue weighted by Crippen LogP contribution is 2.59. The molecule has 2 saturated carbocycles. The summed E-state index contributed by atoms with van der Waals surface area (Å²) in [4.78, 5) is 14.7. The van der Waals surface area contributed by atoms with Crippen molar-refractivity contribution in [3.63, 3.8) is 0 Å². The number of carbonyl (C=O) groups is 1. The van der Waals surface area contributed by atoms with E-state index in [0.29, 0.717) is 23.3 Å². The van der Waals surface area contributed by atoms with Crippen molar-refractivity contribution in [2.75, 3.05) is 19.6 Å². The first kappa shape index (κ1) is 14.1. The summed E-state index contributed by atoms with van der Waals surface area (Å²) in [5.74, 6) is 0.837. The first-order valence-corrected chi connectivity index (χ1v) is 7.28. The molecule has 3 nitrogen and oxygen atoms in total. The van der Waals surface area contributed by atoms with E-state index in [1.54, 1.807) is 0 Å². The molecular formula is C14H25ClN2O. The molecule has 0 aromatic carbocycles. The number of rotatable bonds is 3. The maximum atomic E-state index is 12.5. The number of halogens is 1. The normalized spacial score (nSPS) is 29.3. The SMILES string of the molecule is CCN(C(=O)C1CC12CCNCC2)C1CCC1.Cl. The molecule has 0 aromatic heterocycles. The van der Waals surface area contributed by atoms with Crippen LogP contribution in [-0.4, -0.2) is 36.5 Å². The Morgan fingerprint density at radius 3 is 2.50 bits per heavy atom. The molecule has 1 saturated heterocycles. The Bertz CT molecular complexity index is 311. The maximum Gasteiger partial charge on any atom is 0.226 e. The molecule has 1 heterocycles. The summed E-state index contributed by atoms with van der Waals surface area (Å²) in [6.07, 6.45) is 7.38. The fourth-order valence-corrected chi connectivity index (χ4v) is 3.67. The molecule has 104 valence electrons. The van der Waals surface area contributed by atoms with Crippen LogP contribution in [0.2, 0.25) is 0 Å². The molecule has 4 heteroatoms. The Labute approximate surface area is 116 Å². The fourth-order valence-electron chi connectivity index (χ4n) is 3.67. The first-order valence-electron chi connectivity index (χ1n) is 7.28. The predicted molar refractivity (Wildman–Crippen MR) is 74.9 cm³/mol. The second kappa shape index (κ2) is 5.38. The fraction of sp³-hybridized carbons (Fsp3) is 0.929. The van der Waals surface area contributed by atoms with Crippen LogP contribution >= 0.6 is 12.4 Å². The van der Waals surface area contributed by atoms with Gasteiger partial charge in [-0.05, 0) is 64.0 Å². The summed E-state index contributed by atoms with van der Waals surface area (Å²) in [5.41, 5.74) is 0.402. The van der Waals surface area contributed by atoms with Crippen LogP contribution in [0.15, 0.2) is 0 Å². The van der Waals surface area contributed by atoms with Crippen molar-refractivity contribution in [3.05, 3.63) is 0 Å². The van der Waals surface area contributed by atoms with Gasteiger partial charge in [-0.3, -0.25) is 4.79 Å². The molecule has 1 amide bonds. The Kier molecular flexibility index (Phi) is 4.22. The van der Waals surface area contributed by atoms with Crippen LogP contribution in [0.4, 0.5) is 0 Å². The van der Waals surface area contributed by atoms with Gasteiger partial charge in [0.15, 0.2) is 0 Å². The highest BCUT2D eigenvalue weighted by Gasteiger charge is 2.58. The molecule has 0 aromatic rings. The van der Waals surface area contributed by atoms with Crippen molar-refractivity contribution in [1.29, 1.82) is 0 Å². The van der Waals surface area contributed by atoms with Crippen molar-refractivity contribution in [2.45, 2.75) is 51.5 Å². The lowest BCUT2D eigenvalue weighted by molar-refractivity contribution is -0.137. The van der Waals surface area contributed by atoms with Crippen LogP contribution < -0.4 is 5.32 Å². The zero-order chi connectivity index (χ0) is 11.9. The van der Waals surface area contributed by atoms with E-state index in [1.807, 2.05) is 0 Å². The number of carbonyl (C=O) groups excluding carboxylic acids is 1. The van der Waals surface area contributed by atoms with Crippen LogP contribution in [0.25, 0.3) is 0 Å². The van der Waals surface area contributed by atoms with E-state index >= 15 is 0 Å². The largest absolute Gasteiger partial charge is 0.340 e. The molecule has 1 unspecified atom stereocenters. The lowest BCUT2D eigenvalue weighted by Gasteiger charge is -2.37. The van der Waals surface area contributed by atoms with E-state index in [2.05, 4.69) is 17.1 Å². The summed E-state index contributed by atoms with van der Waals surface area (Å²) in [7, 11) is 0. The molecular weight excluding hydrogens is 248 g/mol. The van der Waals surface area contributed by atoms with Gasteiger partial charge >= 0.3 is 0 Å². The molecule has 2 aliphatic carbocycles. The van der Waals surface area contributed by atoms with E-state index in [9.17, 15) is 4.79 Å². The molecule has 1 N–H and O–H groups in total. The second-order valence-corrected chi connectivity index (χ2v) is 6.08. The summed E-state index contributed by atoms with van der Waals surface area (Å²) >= 11 is 0. The van der Waals surface area contributed by atoms with Gasteiger partial charge < -0.3 is 10.2 Å². The van der Waals surface area contributed by atoms with Crippen LogP contribution in [0.1, 0.15) is 45.4 Å². The highest BCUT2D eigenvalue weighted by molar-refractivity contribution is 5.85. The first-order chi connectivity index (χ1) is 8.27. The minimum absolute atomic E-state index is 0. The van der Waals surface area contributed by atoms with E-state index in [1.165, 1.54) is 32.1 Å². The highest BCUT2D eigenvalue weighted by atomic mass is 35.5. The third kappa shape index (κ3) is 2.27. The molecule has 1 atom stereocenters. The Balaban J connectivity index is 0.00000120. The van der Waals surface area contributed by atoms with Gasteiger partial charge in [-0.1, -0.05) is 0 Å². The number of hydrogen-bond donors (Lipinski definition) is 1. The molecule has 0 bridgehead atoms. The van der Waals surface area contributed by atoms with Crippen molar-refractivity contribution in [3.8, 4) is 0 Å². The van der Waals surface area contributed by atoms with E-state index < -0.39 is 0 Å². The number of nitrogens with one attached hydrogen (secondary N) is 1. The van der Waals surface area contributed by atoms with Crippen molar-refractivity contribution in [1.82, 2.24) is 10.2 Å². The second-order valence-electron chi connectivity index (χ2n) is 6.08. The van der Waals surface area contributed by atoms with Gasteiger partial charge in [-0.15, -0.1) is 12.4 Å². The van der Waals surface area contributed by atoms with Gasteiger partial charge in [-0.25, -0.2) is 0 Å². The van der Waals surface area contributed by atoms with E-state index in [0.717, 1.165) is 26.1 Å². The van der Waals surface area contributed by atoms with E-state index in [4.69, 9.17) is 0 Å². The Morgan fingerprint density at radius 2 is 2.00 bits per heavy atom. The summed E-state index contributed by atoms with van der Waals surface area (Å²) in [6, 6.07) is 0.576. The summed E-state index contributed by atoms with van der Waals surface area (Å²) < 4.78 is 0. The molecule has 1 spiro atoms. The van der Waals surface area contributed by atoms with Gasteiger partial charge in [-0.2, -0.15) is 0 Å². The lowest BCUT2D eigenvalue weighted by atomic mass is 9.89. The number of nitrogens with zero attached hydrogens (tertiary/aromatic N) is 1. The van der Waals surface area contributed by atoms with Gasteiger partial charge in [0, 0.05) is 18.5 Å². The number of piperidine rings is 1. The van der Waals surface area contributed by atoms with Crippen molar-refractivity contribution >= 4 is 18.3 Å². The molecule has 3 fully saturated rings. The molecule has 3 aliphatic rings. The van der Waals surface area contributed by atoms with Crippen LogP contribution in [0.3, 0.4) is 0 Å². The summed E-state index contributed by atoms with van der Waals surface area (Å²) in [5, 5.41) is 3.40. The number of amides is 1. The topological polar surface area (TPSA) is 32.3 Å². The van der Waals surface area contributed by atoms with Gasteiger partial charge in [0.2, 0.25) is 5.91 Å². The van der Waals surface area contributed by atoms with Gasteiger partial charge in [0.25, 0.3) is 0 Å². The predicted octanol–water partition coefficient (Wildman–Crippen LogP) is 2.20. The zero-order valence-electron chi connectivity index (χ0n) is 11.3. The lowest BCUT2D eigenvalue weighted by Crippen LogP contribution is -2.45. The monoisotopic (exact) mass is 272 g/mol. The molecule has 1 aliphatic heterocycles. The van der Waals surface area contributed by atoms with Crippen LogP contribution in [-0.2, 0) is 4.79 Å². The Morgan fingerprint density at radius 1 is 1.33 bits per heavy atom. The van der Waals surface area contributed by atoms with Crippen molar-refractivity contribution in [2.24, 2.45) is 11.3 Å². The number of hydrogen-bond acceptors (Lipinski definition) is 2.